The summed E-state index contributed by atoms with van der Waals surface area (Å²) in [6.07, 6.45) is 9.73. The monoisotopic (exact) mass is 193 g/mol. The van der Waals surface area contributed by atoms with Crippen molar-refractivity contribution >= 4 is 0 Å². The van der Waals surface area contributed by atoms with Gasteiger partial charge in [0.15, 0.2) is 0 Å². The van der Waals surface area contributed by atoms with Crippen molar-refractivity contribution in [2.45, 2.75) is 34.6 Å². The van der Waals surface area contributed by atoms with Crippen molar-refractivity contribution in [2.75, 3.05) is 0 Å². The van der Waals surface area contributed by atoms with E-state index in [-0.39, 0.29) is 0 Å². The Balaban J connectivity index is 0. The van der Waals surface area contributed by atoms with Crippen molar-refractivity contribution in [1.82, 2.24) is 5.32 Å². The molecule has 0 unspecified atom stereocenters. The van der Waals surface area contributed by atoms with Gasteiger partial charge in [0.1, 0.15) is 0 Å². The first kappa shape index (κ1) is 15.2. The predicted octanol–water partition coefficient (Wildman–Crippen LogP) is 4.17. The third-order valence-electron chi connectivity index (χ3n) is 1.47. The van der Waals surface area contributed by atoms with Gasteiger partial charge in [0.2, 0.25) is 0 Å². The van der Waals surface area contributed by atoms with E-state index < -0.39 is 0 Å². The molecule has 1 N–H and O–H groups in total. The minimum atomic E-state index is 1.11. The highest BCUT2D eigenvalue weighted by Crippen LogP contribution is 2.03. The molecule has 14 heavy (non-hydrogen) atoms. The molecule has 0 aliphatic heterocycles. The minimum absolute atomic E-state index is 1.11. The van der Waals surface area contributed by atoms with Crippen LogP contribution in [0.3, 0.4) is 0 Å². The third kappa shape index (κ3) is 7.41. The molecule has 0 spiro atoms. The zero-order valence-corrected chi connectivity index (χ0v) is 10.1. The molecule has 80 valence electrons. The SMILES string of the molecule is C=CC(/C=C\C)=C(/C)N/C=C\C.CC. The Bertz CT molecular complexity index is 219. The lowest BCUT2D eigenvalue weighted by molar-refractivity contribution is 1.04. The number of allylic oxidation sites excluding steroid dienone is 6. The van der Waals surface area contributed by atoms with Gasteiger partial charge in [0.05, 0.1) is 0 Å². The van der Waals surface area contributed by atoms with Crippen LogP contribution in [0.15, 0.2) is 48.4 Å². The molecule has 0 radical (unpaired) electrons. The van der Waals surface area contributed by atoms with Crippen molar-refractivity contribution < 1.29 is 0 Å². The van der Waals surface area contributed by atoms with Gasteiger partial charge in [-0.2, -0.15) is 0 Å². The molecular weight excluding hydrogens is 170 g/mol. The summed E-state index contributed by atoms with van der Waals surface area (Å²) < 4.78 is 0. The summed E-state index contributed by atoms with van der Waals surface area (Å²) in [6, 6.07) is 0. The van der Waals surface area contributed by atoms with Crippen LogP contribution in [0.25, 0.3) is 0 Å². The van der Waals surface area contributed by atoms with Crippen LogP contribution >= 0.6 is 0 Å². The van der Waals surface area contributed by atoms with Crippen molar-refractivity contribution in [3.05, 3.63) is 48.4 Å². The first-order valence-electron chi connectivity index (χ1n) is 5.10. The number of nitrogens with one attached hydrogen (secondary N) is 1. The summed E-state index contributed by atoms with van der Waals surface area (Å²) in [7, 11) is 0. The largest absolute Gasteiger partial charge is 0.365 e. The Labute approximate surface area is 88.9 Å². The summed E-state index contributed by atoms with van der Waals surface area (Å²) in [4.78, 5) is 0. The zero-order valence-electron chi connectivity index (χ0n) is 10.1. The number of hydrogen-bond acceptors (Lipinski definition) is 1. The van der Waals surface area contributed by atoms with Crippen LogP contribution in [0.1, 0.15) is 34.6 Å². The van der Waals surface area contributed by atoms with Crippen LogP contribution in [0.5, 0.6) is 0 Å². The van der Waals surface area contributed by atoms with Gasteiger partial charge in [-0.1, -0.05) is 44.7 Å². The molecule has 0 rings (SSSR count). The van der Waals surface area contributed by atoms with Crippen LogP contribution < -0.4 is 5.32 Å². The quantitative estimate of drug-likeness (QED) is 0.661. The standard InChI is InChI=1S/C11H17N.C2H6/c1-5-8-11(7-3)10(4)12-9-6-2;1-2/h5-9,12H,3H2,1-2,4H3;1-2H3/b8-5-,9-6-,11-10+;. The molecular formula is C13H23N. The molecule has 1 nitrogen and oxygen atoms in total. The van der Waals surface area contributed by atoms with Crippen LogP contribution in [-0.2, 0) is 0 Å². The van der Waals surface area contributed by atoms with E-state index in [2.05, 4.69) is 11.9 Å². The van der Waals surface area contributed by atoms with Gasteiger partial charge in [0, 0.05) is 5.70 Å². The first-order valence-corrected chi connectivity index (χ1v) is 5.10. The lowest BCUT2D eigenvalue weighted by Gasteiger charge is -2.03. The number of rotatable bonds is 4. The predicted molar refractivity (Wildman–Crippen MR) is 67.0 cm³/mol. The highest BCUT2D eigenvalue weighted by Gasteiger charge is 1.90. The van der Waals surface area contributed by atoms with E-state index in [0.29, 0.717) is 0 Å². The van der Waals surface area contributed by atoms with Gasteiger partial charge in [-0.05, 0) is 32.5 Å². The van der Waals surface area contributed by atoms with Gasteiger partial charge >= 0.3 is 0 Å². The van der Waals surface area contributed by atoms with Gasteiger partial charge in [0.25, 0.3) is 0 Å². The maximum absolute atomic E-state index is 3.74. The second-order valence-electron chi connectivity index (χ2n) is 2.43. The number of hydrogen-bond donors (Lipinski definition) is 1. The van der Waals surface area contributed by atoms with E-state index in [4.69, 9.17) is 0 Å². The van der Waals surface area contributed by atoms with E-state index in [1.165, 1.54) is 0 Å². The van der Waals surface area contributed by atoms with Crippen LogP contribution in [0.4, 0.5) is 0 Å². The third-order valence-corrected chi connectivity index (χ3v) is 1.47. The van der Waals surface area contributed by atoms with E-state index in [0.717, 1.165) is 11.3 Å². The summed E-state index contributed by atoms with van der Waals surface area (Å²) in [6.45, 7) is 13.7. The molecule has 0 saturated heterocycles. The fourth-order valence-electron chi connectivity index (χ4n) is 0.817. The van der Waals surface area contributed by atoms with E-state index in [1.54, 1.807) is 0 Å². The second kappa shape index (κ2) is 11.8. The van der Waals surface area contributed by atoms with Gasteiger partial charge < -0.3 is 5.32 Å². The van der Waals surface area contributed by atoms with Gasteiger partial charge in [-0.25, -0.2) is 0 Å². The zero-order chi connectivity index (χ0) is 11.4. The fraction of sp³-hybridized carbons (Fsp3) is 0.385. The van der Waals surface area contributed by atoms with E-state index >= 15 is 0 Å². The maximum Gasteiger partial charge on any atom is 0.0188 e. The Morgan fingerprint density at radius 3 is 2.07 bits per heavy atom. The Hall–Kier alpha value is -1.24. The summed E-state index contributed by atoms with van der Waals surface area (Å²) in [5, 5.41) is 3.14. The molecule has 1 heteroatoms. The molecule has 0 aromatic heterocycles. The molecule has 0 amide bonds. The Kier molecular flexibility index (Phi) is 12.8. The maximum atomic E-state index is 3.74. The molecule has 0 fully saturated rings. The first-order chi connectivity index (χ1) is 6.76. The van der Waals surface area contributed by atoms with Crippen molar-refractivity contribution in [2.24, 2.45) is 0 Å². The fourth-order valence-corrected chi connectivity index (χ4v) is 0.817. The molecule has 0 heterocycles. The Morgan fingerprint density at radius 1 is 1.14 bits per heavy atom. The molecule has 0 aromatic carbocycles. The highest BCUT2D eigenvalue weighted by atomic mass is 14.8. The van der Waals surface area contributed by atoms with Gasteiger partial charge in [-0.3, -0.25) is 0 Å². The average molecular weight is 193 g/mol. The Morgan fingerprint density at radius 2 is 1.71 bits per heavy atom. The van der Waals surface area contributed by atoms with Gasteiger partial charge in [-0.15, -0.1) is 0 Å². The van der Waals surface area contributed by atoms with Crippen LogP contribution in [0, 0.1) is 0 Å². The van der Waals surface area contributed by atoms with Crippen molar-refractivity contribution in [1.29, 1.82) is 0 Å². The van der Waals surface area contributed by atoms with Crippen LogP contribution in [0.2, 0.25) is 0 Å². The lowest BCUT2D eigenvalue weighted by atomic mass is 10.2. The normalized spacial score (nSPS) is 12.1. The molecule has 0 atom stereocenters. The molecule has 0 aliphatic rings. The van der Waals surface area contributed by atoms with Crippen LogP contribution in [-0.4, -0.2) is 0 Å². The summed E-state index contributed by atoms with van der Waals surface area (Å²) >= 11 is 0. The minimum Gasteiger partial charge on any atom is -0.365 e. The van der Waals surface area contributed by atoms with E-state index in [9.17, 15) is 0 Å². The average Bonchev–Trinajstić information content (AvgIpc) is 2.25. The topological polar surface area (TPSA) is 12.0 Å². The van der Waals surface area contributed by atoms with Crippen molar-refractivity contribution in [3.63, 3.8) is 0 Å². The molecule has 0 aromatic rings. The van der Waals surface area contributed by atoms with Crippen molar-refractivity contribution in [3.8, 4) is 0 Å². The smallest absolute Gasteiger partial charge is 0.0188 e. The molecule has 0 bridgehead atoms. The highest BCUT2D eigenvalue weighted by molar-refractivity contribution is 5.33. The second-order valence-corrected chi connectivity index (χ2v) is 2.43. The molecule has 0 aliphatic carbocycles. The van der Waals surface area contributed by atoms with E-state index in [1.807, 2.05) is 65.1 Å². The summed E-state index contributed by atoms with van der Waals surface area (Å²) in [5.74, 6) is 0. The molecule has 0 saturated carbocycles. The summed E-state index contributed by atoms with van der Waals surface area (Å²) in [5.41, 5.74) is 2.23. The lowest BCUT2D eigenvalue weighted by Crippen LogP contribution is -2.02.